The molecule has 0 bridgehead atoms. The molecule has 1 saturated heterocycles. The average molecular weight is 346 g/mol. The minimum atomic E-state index is -0.382. The number of carbonyl (C=O) groups excluding carboxylic acids is 1. The molecule has 1 aromatic heterocycles. The van der Waals surface area contributed by atoms with Gasteiger partial charge in [-0.3, -0.25) is 4.79 Å². The highest BCUT2D eigenvalue weighted by Gasteiger charge is 2.21. The number of ether oxygens (including phenoxy) is 2. The molecule has 2 N–H and O–H groups in total. The zero-order valence-electron chi connectivity index (χ0n) is 14.3. The fourth-order valence-electron chi connectivity index (χ4n) is 2.69. The van der Waals surface area contributed by atoms with E-state index in [1.807, 2.05) is 31.2 Å². The van der Waals surface area contributed by atoms with Gasteiger partial charge in [0.15, 0.2) is 0 Å². The molecule has 134 valence electrons. The first kappa shape index (κ1) is 17.4. The standard InChI is InChI=1S/C17H22N4O4/c1-11(19-15(22)9-12-10-24-8-7-18-12)17-20-16(21-25-17)13-5-3-4-6-14(13)23-2/h3-6,11-12,18H,7-10H2,1-2H3,(H,19,22). The van der Waals surface area contributed by atoms with Crippen molar-refractivity contribution >= 4 is 5.91 Å². The van der Waals surface area contributed by atoms with E-state index in [1.165, 1.54) is 0 Å². The van der Waals surface area contributed by atoms with Crippen LogP contribution in [0, 0.1) is 0 Å². The third-order valence-corrected chi connectivity index (χ3v) is 3.97. The van der Waals surface area contributed by atoms with E-state index in [4.69, 9.17) is 14.0 Å². The Hall–Kier alpha value is -2.45. The van der Waals surface area contributed by atoms with Crippen molar-refractivity contribution in [2.24, 2.45) is 0 Å². The van der Waals surface area contributed by atoms with E-state index in [-0.39, 0.29) is 18.0 Å². The SMILES string of the molecule is COc1ccccc1-c1noc(C(C)NC(=O)CC2COCCN2)n1. The number of aromatic nitrogens is 2. The Morgan fingerprint density at radius 2 is 2.32 bits per heavy atom. The van der Waals surface area contributed by atoms with Gasteiger partial charge in [0.1, 0.15) is 11.8 Å². The molecule has 0 radical (unpaired) electrons. The number of para-hydroxylation sites is 1. The molecule has 2 unspecified atom stereocenters. The number of nitrogens with zero attached hydrogens (tertiary/aromatic N) is 2. The summed E-state index contributed by atoms with van der Waals surface area (Å²) in [6.07, 6.45) is 0.345. The fourth-order valence-corrected chi connectivity index (χ4v) is 2.69. The van der Waals surface area contributed by atoms with E-state index in [2.05, 4.69) is 20.8 Å². The van der Waals surface area contributed by atoms with E-state index in [0.29, 0.717) is 37.1 Å². The Labute approximate surface area is 145 Å². The van der Waals surface area contributed by atoms with Crippen LogP contribution in [0.3, 0.4) is 0 Å². The third-order valence-electron chi connectivity index (χ3n) is 3.97. The van der Waals surface area contributed by atoms with Gasteiger partial charge in [0.25, 0.3) is 0 Å². The summed E-state index contributed by atoms with van der Waals surface area (Å²) >= 11 is 0. The lowest BCUT2D eigenvalue weighted by Crippen LogP contribution is -2.44. The van der Waals surface area contributed by atoms with Gasteiger partial charge in [-0.2, -0.15) is 4.98 Å². The Morgan fingerprint density at radius 1 is 1.48 bits per heavy atom. The highest BCUT2D eigenvalue weighted by molar-refractivity contribution is 5.77. The molecule has 1 amide bonds. The largest absolute Gasteiger partial charge is 0.496 e. The van der Waals surface area contributed by atoms with E-state index < -0.39 is 0 Å². The first-order valence-corrected chi connectivity index (χ1v) is 8.25. The number of nitrogens with one attached hydrogen (secondary N) is 2. The van der Waals surface area contributed by atoms with Gasteiger partial charge in [0, 0.05) is 19.0 Å². The van der Waals surface area contributed by atoms with E-state index in [1.54, 1.807) is 7.11 Å². The Bertz CT molecular complexity index is 712. The molecule has 25 heavy (non-hydrogen) atoms. The maximum Gasteiger partial charge on any atom is 0.249 e. The van der Waals surface area contributed by atoms with Gasteiger partial charge in [-0.1, -0.05) is 17.3 Å². The van der Waals surface area contributed by atoms with Crippen molar-refractivity contribution in [1.29, 1.82) is 0 Å². The maximum absolute atomic E-state index is 12.2. The number of methoxy groups -OCH3 is 1. The Morgan fingerprint density at radius 3 is 3.08 bits per heavy atom. The number of carbonyl (C=O) groups is 1. The predicted molar refractivity (Wildman–Crippen MR) is 90.1 cm³/mol. The summed E-state index contributed by atoms with van der Waals surface area (Å²) in [6, 6.07) is 7.08. The molecule has 1 aromatic carbocycles. The van der Waals surface area contributed by atoms with Gasteiger partial charge in [-0.25, -0.2) is 0 Å². The maximum atomic E-state index is 12.2. The summed E-state index contributed by atoms with van der Waals surface area (Å²) < 4.78 is 16.0. The van der Waals surface area contributed by atoms with Crippen LogP contribution in [0.5, 0.6) is 5.75 Å². The summed E-state index contributed by atoms with van der Waals surface area (Å²) in [5, 5.41) is 10.1. The quantitative estimate of drug-likeness (QED) is 0.813. The summed E-state index contributed by atoms with van der Waals surface area (Å²) in [5.74, 6) is 1.35. The Balaban J connectivity index is 1.62. The second-order valence-corrected chi connectivity index (χ2v) is 5.88. The van der Waals surface area contributed by atoms with Gasteiger partial charge in [-0.15, -0.1) is 0 Å². The first-order valence-electron chi connectivity index (χ1n) is 8.25. The van der Waals surface area contributed by atoms with Crippen LogP contribution in [0.4, 0.5) is 0 Å². The topological polar surface area (TPSA) is 98.5 Å². The highest BCUT2D eigenvalue weighted by atomic mass is 16.5. The van der Waals surface area contributed by atoms with Gasteiger partial charge in [-0.05, 0) is 19.1 Å². The normalized spacial score (nSPS) is 18.6. The van der Waals surface area contributed by atoms with Crippen LogP contribution in [0.2, 0.25) is 0 Å². The third kappa shape index (κ3) is 4.34. The summed E-state index contributed by atoms with van der Waals surface area (Å²) in [6.45, 7) is 3.80. The molecule has 8 heteroatoms. The smallest absolute Gasteiger partial charge is 0.249 e. The second-order valence-electron chi connectivity index (χ2n) is 5.88. The summed E-state index contributed by atoms with van der Waals surface area (Å²) in [5.41, 5.74) is 0.738. The fraction of sp³-hybridized carbons (Fsp3) is 0.471. The van der Waals surface area contributed by atoms with Crippen molar-refractivity contribution < 1.29 is 18.8 Å². The van der Waals surface area contributed by atoms with E-state index in [9.17, 15) is 4.79 Å². The molecule has 8 nitrogen and oxygen atoms in total. The highest BCUT2D eigenvalue weighted by Crippen LogP contribution is 2.27. The zero-order chi connectivity index (χ0) is 17.6. The Kier molecular flexibility index (Phi) is 5.62. The lowest BCUT2D eigenvalue weighted by molar-refractivity contribution is -0.123. The van der Waals surface area contributed by atoms with E-state index in [0.717, 1.165) is 12.1 Å². The molecule has 2 atom stereocenters. The van der Waals surface area contributed by atoms with Gasteiger partial charge < -0.3 is 24.6 Å². The lowest BCUT2D eigenvalue weighted by atomic mass is 10.2. The average Bonchev–Trinajstić information content (AvgIpc) is 3.12. The van der Waals surface area contributed by atoms with Crippen molar-refractivity contribution in [2.75, 3.05) is 26.9 Å². The van der Waals surface area contributed by atoms with Crippen LogP contribution >= 0.6 is 0 Å². The van der Waals surface area contributed by atoms with Crippen LogP contribution in [0.25, 0.3) is 11.4 Å². The number of rotatable bonds is 6. The van der Waals surface area contributed by atoms with Crippen molar-refractivity contribution in [3.05, 3.63) is 30.2 Å². The van der Waals surface area contributed by atoms with Crippen molar-refractivity contribution in [3.63, 3.8) is 0 Å². The molecular formula is C17H22N4O4. The summed E-state index contributed by atoms with van der Waals surface area (Å²) in [4.78, 5) is 16.5. The van der Waals surface area contributed by atoms with Crippen LogP contribution in [-0.2, 0) is 9.53 Å². The molecule has 2 aromatic rings. The molecule has 3 rings (SSSR count). The number of hydrogen-bond acceptors (Lipinski definition) is 7. The van der Waals surface area contributed by atoms with Gasteiger partial charge in [0.2, 0.25) is 17.6 Å². The minimum absolute atomic E-state index is 0.0350. The van der Waals surface area contributed by atoms with Crippen LogP contribution in [-0.4, -0.2) is 49.0 Å². The van der Waals surface area contributed by atoms with Crippen LogP contribution in [0.1, 0.15) is 25.3 Å². The van der Waals surface area contributed by atoms with Crippen LogP contribution in [0.15, 0.2) is 28.8 Å². The molecule has 0 spiro atoms. The predicted octanol–water partition coefficient (Wildman–Crippen LogP) is 1.30. The van der Waals surface area contributed by atoms with Crippen LogP contribution < -0.4 is 15.4 Å². The molecule has 0 aliphatic carbocycles. The minimum Gasteiger partial charge on any atom is -0.496 e. The molecule has 1 fully saturated rings. The first-order chi connectivity index (χ1) is 12.2. The van der Waals surface area contributed by atoms with Gasteiger partial charge in [0.05, 0.1) is 25.9 Å². The number of benzene rings is 1. The van der Waals surface area contributed by atoms with Crippen molar-refractivity contribution in [2.45, 2.75) is 25.4 Å². The molecule has 1 aliphatic rings. The number of morpholine rings is 1. The molecule has 1 aliphatic heterocycles. The van der Waals surface area contributed by atoms with E-state index >= 15 is 0 Å². The second kappa shape index (κ2) is 8.09. The lowest BCUT2D eigenvalue weighted by Gasteiger charge is -2.23. The number of amides is 1. The molecule has 0 saturated carbocycles. The van der Waals surface area contributed by atoms with Crippen molar-refractivity contribution in [3.8, 4) is 17.1 Å². The number of hydrogen-bond donors (Lipinski definition) is 2. The molecular weight excluding hydrogens is 324 g/mol. The monoisotopic (exact) mass is 346 g/mol. The van der Waals surface area contributed by atoms with Gasteiger partial charge >= 0.3 is 0 Å². The summed E-state index contributed by atoms with van der Waals surface area (Å²) in [7, 11) is 1.59. The van der Waals surface area contributed by atoms with Crippen molar-refractivity contribution in [1.82, 2.24) is 20.8 Å². The molecule has 2 heterocycles. The zero-order valence-corrected chi connectivity index (χ0v) is 14.3.